The fraction of sp³-hybridized carbons (Fsp3) is 0.267. The standard InChI is InChI=1S/C15H17NO2S/c1-3-12-5-6-13(19-12)9-18-15(17)11-4-7-14(16)10(2)8-11/h4-8H,3,9,16H2,1-2H3. The topological polar surface area (TPSA) is 52.3 Å². The van der Waals surface area contributed by atoms with Crippen molar-refractivity contribution in [1.29, 1.82) is 0 Å². The van der Waals surface area contributed by atoms with E-state index in [9.17, 15) is 4.79 Å². The monoisotopic (exact) mass is 275 g/mol. The molecule has 100 valence electrons. The molecule has 0 unspecified atom stereocenters. The summed E-state index contributed by atoms with van der Waals surface area (Å²) in [5, 5.41) is 0. The molecule has 1 aromatic carbocycles. The Hall–Kier alpha value is -1.81. The summed E-state index contributed by atoms with van der Waals surface area (Å²) in [7, 11) is 0. The predicted octanol–water partition coefficient (Wildman–Crippen LogP) is 3.56. The van der Waals surface area contributed by atoms with E-state index in [0.29, 0.717) is 17.9 Å². The molecule has 0 atom stereocenters. The molecule has 1 heterocycles. The number of aryl methyl sites for hydroxylation is 2. The van der Waals surface area contributed by atoms with Crippen molar-refractivity contribution in [3.8, 4) is 0 Å². The van der Waals surface area contributed by atoms with Crippen LogP contribution in [0.3, 0.4) is 0 Å². The van der Waals surface area contributed by atoms with Gasteiger partial charge in [0, 0.05) is 15.4 Å². The van der Waals surface area contributed by atoms with Crippen LogP contribution in [0.25, 0.3) is 0 Å². The first-order valence-electron chi connectivity index (χ1n) is 6.21. The van der Waals surface area contributed by atoms with Gasteiger partial charge in [-0.15, -0.1) is 11.3 Å². The van der Waals surface area contributed by atoms with Gasteiger partial charge in [0.05, 0.1) is 5.56 Å². The second kappa shape index (κ2) is 5.89. The highest BCUT2D eigenvalue weighted by molar-refractivity contribution is 7.11. The predicted molar refractivity (Wildman–Crippen MR) is 78.4 cm³/mol. The Morgan fingerprint density at radius 2 is 2.00 bits per heavy atom. The van der Waals surface area contributed by atoms with Crippen LogP contribution in [0.5, 0.6) is 0 Å². The van der Waals surface area contributed by atoms with Crippen molar-refractivity contribution in [2.45, 2.75) is 26.9 Å². The Kier molecular flexibility index (Phi) is 4.22. The van der Waals surface area contributed by atoms with Crippen LogP contribution < -0.4 is 5.73 Å². The number of thiophene rings is 1. The van der Waals surface area contributed by atoms with Crippen LogP contribution in [-0.4, -0.2) is 5.97 Å². The first-order valence-corrected chi connectivity index (χ1v) is 7.02. The number of nitrogen functional groups attached to an aromatic ring is 1. The summed E-state index contributed by atoms with van der Waals surface area (Å²) >= 11 is 1.68. The van der Waals surface area contributed by atoms with E-state index >= 15 is 0 Å². The van der Waals surface area contributed by atoms with Gasteiger partial charge in [0.1, 0.15) is 6.61 Å². The summed E-state index contributed by atoms with van der Waals surface area (Å²) in [5.41, 5.74) is 7.83. The van der Waals surface area contributed by atoms with E-state index in [1.807, 2.05) is 13.0 Å². The second-order valence-electron chi connectivity index (χ2n) is 4.37. The van der Waals surface area contributed by atoms with Crippen LogP contribution in [0.4, 0.5) is 5.69 Å². The molecule has 2 aromatic rings. The van der Waals surface area contributed by atoms with E-state index in [-0.39, 0.29) is 5.97 Å². The van der Waals surface area contributed by atoms with E-state index in [4.69, 9.17) is 10.5 Å². The van der Waals surface area contributed by atoms with Crippen molar-refractivity contribution < 1.29 is 9.53 Å². The van der Waals surface area contributed by atoms with Crippen LogP contribution in [0.15, 0.2) is 30.3 Å². The molecular weight excluding hydrogens is 258 g/mol. The first kappa shape index (κ1) is 13.6. The summed E-state index contributed by atoms with van der Waals surface area (Å²) < 4.78 is 5.30. The molecule has 2 N–H and O–H groups in total. The summed E-state index contributed by atoms with van der Waals surface area (Å²) in [6.45, 7) is 4.31. The minimum absolute atomic E-state index is 0.311. The lowest BCUT2D eigenvalue weighted by Crippen LogP contribution is -2.05. The van der Waals surface area contributed by atoms with Gasteiger partial charge in [-0.3, -0.25) is 0 Å². The number of benzene rings is 1. The molecule has 2 rings (SSSR count). The zero-order valence-corrected chi connectivity index (χ0v) is 11.9. The number of carbonyl (C=O) groups is 1. The van der Waals surface area contributed by atoms with E-state index in [1.54, 1.807) is 29.5 Å². The maximum atomic E-state index is 11.9. The molecule has 0 saturated heterocycles. The van der Waals surface area contributed by atoms with Crippen LogP contribution >= 0.6 is 11.3 Å². The van der Waals surface area contributed by atoms with Crippen molar-refractivity contribution in [2.24, 2.45) is 0 Å². The smallest absolute Gasteiger partial charge is 0.338 e. The number of hydrogen-bond donors (Lipinski definition) is 1. The number of esters is 1. The molecule has 19 heavy (non-hydrogen) atoms. The fourth-order valence-electron chi connectivity index (χ4n) is 1.71. The van der Waals surface area contributed by atoms with Gasteiger partial charge in [0.15, 0.2) is 0 Å². The van der Waals surface area contributed by atoms with Gasteiger partial charge < -0.3 is 10.5 Å². The Balaban J connectivity index is 1.99. The minimum Gasteiger partial charge on any atom is -0.456 e. The normalized spacial score (nSPS) is 10.4. The zero-order chi connectivity index (χ0) is 13.8. The van der Waals surface area contributed by atoms with Crippen molar-refractivity contribution in [2.75, 3.05) is 5.73 Å². The molecule has 0 fully saturated rings. The second-order valence-corrected chi connectivity index (χ2v) is 5.62. The zero-order valence-electron chi connectivity index (χ0n) is 11.1. The number of carbonyl (C=O) groups excluding carboxylic acids is 1. The summed E-state index contributed by atoms with van der Waals surface area (Å²) in [5.74, 6) is -0.311. The van der Waals surface area contributed by atoms with Crippen LogP contribution in [0, 0.1) is 6.92 Å². The lowest BCUT2D eigenvalue weighted by atomic mass is 10.1. The average Bonchev–Trinajstić information content (AvgIpc) is 2.87. The number of nitrogens with two attached hydrogens (primary N) is 1. The highest BCUT2D eigenvalue weighted by Gasteiger charge is 2.09. The molecule has 0 spiro atoms. The highest BCUT2D eigenvalue weighted by Crippen LogP contribution is 2.19. The molecule has 0 aliphatic rings. The third-order valence-corrected chi connectivity index (χ3v) is 4.12. The molecule has 0 radical (unpaired) electrons. The molecule has 0 bridgehead atoms. The number of anilines is 1. The van der Waals surface area contributed by atoms with E-state index in [2.05, 4.69) is 13.0 Å². The Morgan fingerprint density at radius 3 is 2.63 bits per heavy atom. The lowest BCUT2D eigenvalue weighted by Gasteiger charge is -2.05. The third-order valence-electron chi connectivity index (χ3n) is 2.92. The van der Waals surface area contributed by atoms with Gasteiger partial charge in [-0.2, -0.15) is 0 Å². The summed E-state index contributed by atoms with van der Waals surface area (Å²) in [4.78, 5) is 14.3. The molecule has 0 saturated carbocycles. The van der Waals surface area contributed by atoms with Crippen LogP contribution in [-0.2, 0) is 17.8 Å². The maximum Gasteiger partial charge on any atom is 0.338 e. The Bertz CT molecular complexity index is 590. The molecule has 1 aromatic heterocycles. The maximum absolute atomic E-state index is 11.9. The number of rotatable bonds is 4. The lowest BCUT2D eigenvalue weighted by molar-refractivity contribution is 0.0476. The third kappa shape index (κ3) is 3.35. The molecule has 4 heteroatoms. The number of ether oxygens (including phenoxy) is 1. The van der Waals surface area contributed by atoms with Crippen molar-refractivity contribution in [1.82, 2.24) is 0 Å². The molecule has 0 aliphatic carbocycles. The van der Waals surface area contributed by atoms with Gasteiger partial charge in [0.25, 0.3) is 0 Å². The Morgan fingerprint density at radius 1 is 1.26 bits per heavy atom. The minimum atomic E-state index is -0.311. The average molecular weight is 275 g/mol. The fourth-order valence-corrected chi connectivity index (χ4v) is 2.58. The largest absolute Gasteiger partial charge is 0.456 e. The quantitative estimate of drug-likeness (QED) is 0.685. The molecule has 0 aliphatic heterocycles. The van der Waals surface area contributed by atoms with Crippen molar-refractivity contribution in [3.05, 3.63) is 51.2 Å². The Labute approximate surface area is 117 Å². The van der Waals surface area contributed by atoms with Gasteiger partial charge in [-0.05, 0) is 49.2 Å². The molecule has 0 amide bonds. The molecule has 3 nitrogen and oxygen atoms in total. The first-order chi connectivity index (χ1) is 9.10. The van der Waals surface area contributed by atoms with Crippen molar-refractivity contribution >= 4 is 23.0 Å². The van der Waals surface area contributed by atoms with Crippen molar-refractivity contribution in [3.63, 3.8) is 0 Å². The van der Waals surface area contributed by atoms with Gasteiger partial charge in [-0.1, -0.05) is 6.92 Å². The van der Waals surface area contributed by atoms with Gasteiger partial charge in [0.2, 0.25) is 0 Å². The highest BCUT2D eigenvalue weighted by atomic mass is 32.1. The summed E-state index contributed by atoms with van der Waals surface area (Å²) in [6.07, 6.45) is 1.01. The van der Waals surface area contributed by atoms with E-state index < -0.39 is 0 Å². The van der Waals surface area contributed by atoms with Gasteiger partial charge in [-0.25, -0.2) is 4.79 Å². The van der Waals surface area contributed by atoms with Crippen LogP contribution in [0.1, 0.15) is 32.6 Å². The number of hydrogen-bond acceptors (Lipinski definition) is 4. The van der Waals surface area contributed by atoms with Gasteiger partial charge >= 0.3 is 5.97 Å². The summed E-state index contributed by atoms with van der Waals surface area (Å²) in [6, 6.07) is 9.25. The van der Waals surface area contributed by atoms with E-state index in [1.165, 1.54) is 4.88 Å². The van der Waals surface area contributed by atoms with Crippen LogP contribution in [0.2, 0.25) is 0 Å². The van der Waals surface area contributed by atoms with E-state index in [0.717, 1.165) is 16.9 Å². The molecular formula is C15H17NO2S. The SMILES string of the molecule is CCc1ccc(COC(=O)c2ccc(N)c(C)c2)s1.